The Hall–Kier alpha value is -3.22. The first-order valence-electron chi connectivity index (χ1n) is 12.5. The van der Waals surface area contributed by atoms with Gasteiger partial charge >= 0.3 is 0 Å². The highest BCUT2D eigenvalue weighted by molar-refractivity contribution is 7.09. The van der Waals surface area contributed by atoms with E-state index < -0.39 is 0 Å². The number of rotatable bonds is 17. The Balaban J connectivity index is 1.45. The maximum Gasteiger partial charge on any atom is 0.204 e. The van der Waals surface area contributed by atoms with Crippen molar-refractivity contribution in [3.05, 3.63) is 33.2 Å². The number of aryl methyl sites for hydroxylation is 2. The summed E-state index contributed by atoms with van der Waals surface area (Å²) < 4.78 is 0. The van der Waals surface area contributed by atoms with Gasteiger partial charge in [0.2, 0.25) is 11.9 Å². The monoisotopic (exact) mass is 528 g/mol. The number of nitrogens with zero attached hydrogens (tertiary/aromatic N) is 6. The van der Waals surface area contributed by atoms with Crippen LogP contribution in [0.15, 0.2) is 33.1 Å². The molecular weight excluding hydrogens is 492 g/mol. The molecule has 0 aliphatic rings. The summed E-state index contributed by atoms with van der Waals surface area (Å²) in [6.45, 7) is 2.91. The van der Waals surface area contributed by atoms with Crippen LogP contribution in [0.2, 0.25) is 0 Å². The molecule has 10 nitrogen and oxygen atoms in total. The number of unbranched alkanes of at least 4 members (excludes halogenated alkanes) is 5. The summed E-state index contributed by atoms with van der Waals surface area (Å²) in [4.78, 5) is 17.4. The summed E-state index contributed by atoms with van der Waals surface area (Å²) in [5.74, 6) is 1.10. The smallest absolute Gasteiger partial charge is 0.204 e. The van der Waals surface area contributed by atoms with Crippen molar-refractivity contribution in [2.75, 3.05) is 26.2 Å². The fourth-order valence-corrected chi connectivity index (χ4v) is 4.68. The zero-order chi connectivity index (χ0) is 25.5. The van der Waals surface area contributed by atoms with E-state index >= 15 is 0 Å². The van der Waals surface area contributed by atoms with Gasteiger partial charge in [-0.1, -0.05) is 25.7 Å². The molecule has 0 aliphatic carbocycles. The van der Waals surface area contributed by atoms with Crippen LogP contribution >= 0.6 is 22.7 Å². The van der Waals surface area contributed by atoms with Crippen LogP contribution in [0, 0.1) is 22.9 Å². The molecule has 194 valence electrons. The standard InChI is InChI=1S/C24H36N10S2/c25-19-33-23(31-13-7-9-21-27-15-17-35-21)29-11-5-3-1-2-4-6-12-30-24(34-20-26)32-14-8-10-22-28-16-18-36-22/h15-18H,1-14H2,(H2,29,31,33)(H2,30,32,34). The first kappa shape index (κ1) is 29.0. The summed E-state index contributed by atoms with van der Waals surface area (Å²) in [5.41, 5.74) is 0. The van der Waals surface area contributed by atoms with Gasteiger partial charge in [-0.2, -0.15) is 10.5 Å². The predicted octanol–water partition coefficient (Wildman–Crippen LogP) is 3.54. The lowest BCUT2D eigenvalue weighted by atomic mass is 10.1. The van der Waals surface area contributed by atoms with Crippen LogP contribution in [-0.2, 0) is 12.8 Å². The van der Waals surface area contributed by atoms with Gasteiger partial charge in [0.25, 0.3) is 0 Å². The molecule has 0 saturated carbocycles. The van der Waals surface area contributed by atoms with E-state index in [0.717, 1.165) is 74.5 Å². The fourth-order valence-electron chi connectivity index (χ4n) is 3.35. The van der Waals surface area contributed by atoms with E-state index in [4.69, 9.17) is 10.5 Å². The van der Waals surface area contributed by atoms with Crippen LogP contribution in [0.3, 0.4) is 0 Å². The number of guanidine groups is 2. The van der Waals surface area contributed by atoms with Crippen molar-refractivity contribution in [3.8, 4) is 12.4 Å². The van der Waals surface area contributed by atoms with Crippen molar-refractivity contribution in [2.24, 2.45) is 9.98 Å². The maximum absolute atomic E-state index is 8.92. The van der Waals surface area contributed by atoms with Gasteiger partial charge in [-0.3, -0.25) is 20.6 Å². The molecule has 12 heteroatoms. The Morgan fingerprint density at radius 3 is 1.53 bits per heavy atom. The quantitative estimate of drug-likeness (QED) is 0.0802. The zero-order valence-corrected chi connectivity index (χ0v) is 22.3. The van der Waals surface area contributed by atoms with Crippen LogP contribution in [-0.4, -0.2) is 48.1 Å². The van der Waals surface area contributed by atoms with Crippen molar-refractivity contribution in [1.82, 2.24) is 31.2 Å². The Labute approximate surface area is 222 Å². The third-order valence-electron chi connectivity index (χ3n) is 5.14. The number of hydrogen-bond donors (Lipinski definition) is 4. The summed E-state index contributed by atoms with van der Waals surface area (Å²) in [6, 6.07) is 0. The van der Waals surface area contributed by atoms with Gasteiger partial charge in [0.05, 0.1) is 10.0 Å². The minimum absolute atomic E-state index is 0.550. The summed E-state index contributed by atoms with van der Waals surface area (Å²) >= 11 is 3.32. The van der Waals surface area contributed by atoms with E-state index in [-0.39, 0.29) is 0 Å². The van der Waals surface area contributed by atoms with Gasteiger partial charge in [0.1, 0.15) is 0 Å². The Morgan fingerprint density at radius 2 is 1.14 bits per heavy atom. The van der Waals surface area contributed by atoms with Crippen molar-refractivity contribution in [3.63, 3.8) is 0 Å². The molecule has 0 atom stereocenters. The molecule has 0 bridgehead atoms. The SMILES string of the molecule is N#CNC(=NCCCc1nccs1)NCCCCCCCCNC(=NCCCc1nccs1)NC#N. The fraction of sp³-hybridized carbons (Fsp3) is 0.583. The van der Waals surface area contributed by atoms with E-state index in [2.05, 4.69) is 41.2 Å². The Bertz CT molecular complexity index is 864. The van der Waals surface area contributed by atoms with Gasteiger partial charge in [0.15, 0.2) is 12.4 Å². The van der Waals surface area contributed by atoms with Gasteiger partial charge < -0.3 is 10.6 Å². The average molecular weight is 529 g/mol. The second-order valence-corrected chi connectivity index (χ2v) is 9.93. The van der Waals surface area contributed by atoms with Crippen LogP contribution < -0.4 is 21.3 Å². The van der Waals surface area contributed by atoms with E-state index in [1.54, 1.807) is 22.7 Å². The predicted molar refractivity (Wildman–Crippen MR) is 147 cm³/mol. The number of nitrogens with one attached hydrogen (secondary N) is 4. The highest BCUT2D eigenvalue weighted by Gasteiger charge is 2.01. The third kappa shape index (κ3) is 14.2. The van der Waals surface area contributed by atoms with Crippen LogP contribution in [0.4, 0.5) is 0 Å². The van der Waals surface area contributed by atoms with E-state index in [0.29, 0.717) is 25.0 Å². The van der Waals surface area contributed by atoms with Crippen molar-refractivity contribution >= 4 is 34.6 Å². The molecule has 2 heterocycles. The summed E-state index contributed by atoms with van der Waals surface area (Å²) in [5, 5.41) is 35.7. The normalized spacial score (nSPS) is 11.5. The largest absolute Gasteiger partial charge is 0.356 e. The lowest BCUT2D eigenvalue weighted by Gasteiger charge is -2.09. The molecular formula is C24H36N10S2. The molecule has 0 fully saturated rings. The van der Waals surface area contributed by atoms with Crippen LogP contribution in [0.5, 0.6) is 0 Å². The lowest BCUT2D eigenvalue weighted by molar-refractivity contribution is 0.584. The van der Waals surface area contributed by atoms with Gasteiger partial charge in [-0.05, 0) is 25.7 Å². The maximum atomic E-state index is 8.92. The number of aliphatic imine (C=N–C) groups is 2. The van der Waals surface area contributed by atoms with Gasteiger partial charge in [0, 0.05) is 62.2 Å². The minimum Gasteiger partial charge on any atom is -0.356 e. The molecule has 2 rings (SSSR count). The molecule has 2 aromatic heterocycles. The minimum atomic E-state index is 0.550. The van der Waals surface area contributed by atoms with Crippen LogP contribution in [0.1, 0.15) is 61.4 Å². The molecule has 2 aromatic rings. The second kappa shape index (κ2) is 20.0. The topological polar surface area (TPSA) is 146 Å². The Morgan fingerprint density at radius 1 is 0.694 bits per heavy atom. The molecule has 0 radical (unpaired) electrons. The van der Waals surface area contributed by atoms with Crippen molar-refractivity contribution in [1.29, 1.82) is 10.5 Å². The average Bonchev–Trinajstić information content (AvgIpc) is 3.60. The number of thiazole rings is 2. The highest BCUT2D eigenvalue weighted by atomic mass is 32.1. The van der Waals surface area contributed by atoms with E-state index in [1.165, 1.54) is 12.8 Å². The Kier molecular flexibility index (Phi) is 16.1. The molecule has 4 N–H and O–H groups in total. The molecule has 0 spiro atoms. The van der Waals surface area contributed by atoms with Gasteiger partial charge in [-0.25, -0.2) is 9.97 Å². The first-order chi connectivity index (χ1) is 17.8. The van der Waals surface area contributed by atoms with Crippen molar-refractivity contribution < 1.29 is 0 Å². The zero-order valence-electron chi connectivity index (χ0n) is 20.7. The molecule has 36 heavy (non-hydrogen) atoms. The van der Waals surface area contributed by atoms with E-state index in [1.807, 2.05) is 35.5 Å². The number of aromatic nitrogens is 2. The van der Waals surface area contributed by atoms with E-state index in [9.17, 15) is 0 Å². The van der Waals surface area contributed by atoms with Crippen LogP contribution in [0.25, 0.3) is 0 Å². The highest BCUT2D eigenvalue weighted by Crippen LogP contribution is 2.08. The van der Waals surface area contributed by atoms with Crippen molar-refractivity contribution in [2.45, 2.75) is 64.2 Å². The third-order valence-corrected chi connectivity index (χ3v) is 6.82. The lowest BCUT2D eigenvalue weighted by Crippen LogP contribution is -2.35. The summed E-state index contributed by atoms with van der Waals surface area (Å²) in [6.07, 6.45) is 17.8. The summed E-state index contributed by atoms with van der Waals surface area (Å²) in [7, 11) is 0. The molecule has 0 aliphatic heterocycles. The molecule has 0 saturated heterocycles. The first-order valence-corrected chi connectivity index (χ1v) is 14.2. The number of hydrogen-bond acceptors (Lipinski definition) is 8. The molecule has 0 amide bonds. The van der Waals surface area contributed by atoms with Gasteiger partial charge in [-0.15, -0.1) is 22.7 Å². The number of nitriles is 2. The molecule has 0 aromatic carbocycles. The molecule has 0 unspecified atom stereocenters. The second-order valence-electron chi connectivity index (χ2n) is 7.97.